The van der Waals surface area contributed by atoms with Crippen molar-refractivity contribution in [3.05, 3.63) is 95.4 Å². The maximum absolute atomic E-state index is 14.9. The number of anilines is 1. The Hall–Kier alpha value is -3.35. The minimum atomic E-state index is -0.467. The molecule has 0 saturated carbocycles. The van der Waals surface area contributed by atoms with Crippen molar-refractivity contribution in [2.24, 2.45) is 0 Å². The number of rotatable bonds is 6. The summed E-state index contributed by atoms with van der Waals surface area (Å²) in [4.78, 5) is 18.5. The molecule has 0 fully saturated rings. The molecule has 4 nitrogen and oxygen atoms in total. The number of methoxy groups -OCH3 is 1. The van der Waals surface area contributed by atoms with Gasteiger partial charge in [0, 0.05) is 39.5 Å². The minimum Gasteiger partial charge on any atom is -0.497 e. The number of nitrogens with one attached hydrogen (secondary N) is 1. The zero-order valence-corrected chi connectivity index (χ0v) is 19.5. The highest BCUT2D eigenvalue weighted by Gasteiger charge is 2.18. The van der Waals surface area contributed by atoms with Gasteiger partial charge in [0.25, 0.3) is 5.91 Å². The highest BCUT2D eigenvalue weighted by molar-refractivity contribution is 7.98. The number of carbonyl (C=O) groups is 1. The average molecular weight is 479 g/mol. The van der Waals surface area contributed by atoms with Gasteiger partial charge in [-0.15, -0.1) is 11.8 Å². The molecule has 1 heterocycles. The molecule has 1 N–H and O–H groups in total. The van der Waals surface area contributed by atoms with E-state index in [0.29, 0.717) is 44.4 Å². The number of pyridine rings is 1. The van der Waals surface area contributed by atoms with E-state index in [4.69, 9.17) is 16.3 Å². The quantitative estimate of drug-likeness (QED) is 0.298. The number of hydrogen-bond acceptors (Lipinski definition) is 4. The first-order valence-electron chi connectivity index (χ1n) is 10.0. The molecule has 7 heteroatoms. The fourth-order valence-corrected chi connectivity index (χ4v) is 4.09. The van der Waals surface area contributed by atoms with E-state index in [0.717, 1.165) is 4.90 Å². The number of carbonyl (C=O) groups excluding carboxylic acids is 1. The van der Waals surface area contributed by atoms with Gasteiger partial charge in [-0.1, -0.05) is 17.7 Å². The molecule has 0 unspecified atom stereocenters. The highest BCUT2D eigenvalue weighted by atomic mass is 35.5. The molecule has 4 rings (SSSR count). The first-order chi connectivity index (χ1) is 16.0. The molecule has 33 heavy (non-hydrogen) atoms. The van der Waals surface area contributed by atoms with Crippen molar-refractivity contribution in [2.75, 3.05) is 18.7 Å². The maximum Gasteiger partial charge on any atom is 0.256 e. The van der Waals surface area contributed by atoms with Crippen LogP contribution in [-0.4, -0.2) is 24.3 Å². The molecule has 0 aliphatic rings. The minimum absolute atomic E-state index is 0.321. The average Bonchev–Trinajstić information content (AvgIpc) is 2.85. The van der Waals surface area contributed by atoms with Crippen LogP contribution < -0.4 is 10.1 Å². The lowest BCUT2D eigenvalue weighted by atomic mass is 9.98. The van der Waals surface area contributed by atoms with Gasteiger partial charge in [-0.2, -0.15) is 0 Å². The fourth-order valence-electron chi connectivity index (χ4n) is 3.43. The Bertz CT molecular complexity index is 1320. The monoisotopic (exact) mass is 478 g/mol. The van der Waals surface area contributed by atoms with Gasteiger partial charge in [0.15, 0.2) is 0 Å². The molecule has 166 valence electrons. The van der Waals surface area contributed by atoms with Crippen molar-refractivity contribution in [3.63, 3.8) is 0 Å². The predicted octanol–water partition coefficient (Wildman–Crippen LogP) is 7.19. The molecule has 0 radical (unpaired) electrons. The largest absolute Gasteiger partial charge is 0.497 e. The van der Waals surface area contributed by atoms with Crippen LogP contribution in [0.5, 0.6) is 5.75 Å². The normalized spacial score (nSPS) is 10.7. The number of ether oxygens (including phenoxy) is 1. The van der Waals surface area contributed by atoms with Gasteiger partial charge < -0.3 is 10.1 Å². The third-order valence-electron chi connectivity index (χ3n) is 5.10. The highest BCUT2D eigenvalue weighted by Crippen LogP contribution is 2.33. The van der Waals surface area contributed by atoms with Gasteiger partial charge in [-0.05, 0) is 72.5 Å². The van der Waals surface area contributed by atoms with E-state index in [1.807, 2.05) is 36.6 Å². The molecule has 0 atom stereocenters. The van der Waals surface area contributed by atoms with Gasteiger partial charge in [0.2, 0.25) is 0 Å². The summed E-state index contributed by atoms with van der Waals surface area (Å²) in [5, 5.41) is 3.43. The van der Waals surface area contributed by atoms with E-state index >= 15 is 0 Å². The van der Waals surface area contributed by atoms with Crippen molar-refractivity contribution in [1.82, 2.24) is 4.98 Å². The molecule has 0 aliphatic carbocycles. The summed E-state index contributed by atoms with van der Waals surface area (Å²) in [7, 11) is 1.48. The van der Waals surface area contributed by atoms with E-state index in [1.165, 1.54) is 24.9 Å². The first-order valence-corrected chi connectivity index (χ1v) is 11.6. The topological polar surface area (TPSA) is 51.2 Å². The number of thioether (sulfide) groups is 1. The lowest BCUT2D eigenvalue weighted by Crippen LogP contribution is -2.13. The van der Waals surface area contributed by atoms with Crippen molar-refractivity contribution in [3.8, 4) is 28.1 Å². The van der Waals surface area contributed by atoms with E-state index < -0.39 is 5.82 Å². The van der Waals surface area contributed by atoms with Crippen molar-refractivity contribution < 1.29 is 13.9 Å². The summed E-state index contributed by atoms with van der Waals surface area (Å²) < 4.78 is 20.0. The Labute approximate surface area is 200 Å². The lowest BCUT2D eigenvalue weighted by molar-refractivity contribution is 0.102. The van der Waals surface area contributed by atoms with E-state index in [1.54, 1.807) is 42.6 Å². The second-order valence-corrected chi connectivity index (χ2v) is 8.41. The van der Waals surface area contributed by atoms with Crippen LogP contribution in [0.4, 0.5) is 10.1 Å². The standard InChI is InChI=1S/C26H20ClFN2O2S/c1-32-17-7-9-19(24(28)14-17)21-15-18(33-2)8-10-20(21)26(31)30-16-6-11-23(27)22(13-16)25-5-3-4-12-29-25/h3-15H,1-2H3,(H,30,31). The Balaban J connectivity index is 1.71. The molecule has 4 aromatic rings. The van der Waals surface area contributed by atoms with E-state index in [2.05, 4.69) is 10.3 Å². The van der Waals surface area contributed by atoms with Crippen molar-refractivity contribution in [2.45, 2.75) is 4.90 Å². The van der Waals surface area contributed by atoms with Crippen LogP contribution in [0.1, 0.15) is 10.4 Å². The summed E-state index contributed by atoms with van der Waals surface area (Å²) >= 11 is 7.87. The zero-order chi connectivity index (χ0) is 23.4. The predicted molar refractivity (Wildman–Crippen MR) is 133 cm³/mol. The molecule has 0 saturated heterocycles. The van der Waals surface area contributed by atoms with Crippen LogP contribution in [0.15, 0.2) is 83.9 Å². The van der Waals surface area contributed by atoms with Gasteiger partial charge in [0.1, 0.15) is 11.6 Å². The fraction of sp³-hybridized carbons (Fsp3) is 0.0769. The Morgan fingerprint density at radius 3 is 2.55 bits per heavy atom. The number of hydrogen-bond donors (Lipinski definition) is 1. The van der Waals surface area contributed by atoms with E-state index in [9.17, 15) is 9.18 Å². The summed E-state index contributed by atoms with van der Waals surface area (Å²) in [6.45, 7) is 0. The molecular weight excluding hydrogens is 459 g/mol. The Kier molecular flexibility index (Phi) is 6.96. The molecule has 3 aromatic carbocycles. The SMILES string of the molecule is COc1ccc(-c2cc(SC)ccc2C(=O)Nc2ccc(Cl)c(-c3ccccn3)c2)c(F)c1. The third-order valence-corrected chi connectivity index (χ3v) is 6.16. The zero-order valence-electron chi connectivity index (χ0n) is 17.9. The third kappa shape index (κ3) is 5.02. The second kappa shape index (κ2) is 10.1. The van der Waals surface area contributed by atoms with Gasteiger partial charge in [0.05, 0.1) is 17.8 Å². The van der Waals surface area contributed by atoms with Crippen molar-refractivity contribution in [1.29, 1.82) is 0 Å². The van der Waals surface area contributed by atoms with Crippen LogP contribution in [0, 0.1) is 5.82 Å². The molecule has 1 aromatic heterocycles. The first kappa shape index (κ1) is 22.8. The van der Waals surface area contributed by atoms with Crippen molar-refractivity contribution >= 4 is 35.0 Å². The molecule has 0 bridgehead atoms. The summed E-state index contributed by atoms with van der Waals surface area (Å²) in [6, 6.07) is 20.7. The number of nitrogens with zero attached hydrogens (tertiary/aromatic N) is 1. The van der Waals surface area contributed by atoms with Crippen LogP contribution >= 0.6 is 23.4 Å². The summed E-state index contributed by atoms with van der Waals surface area (Å²) in [5.74, 6) is -0.417. The van der Waals surface area contributed by atoms with E-state index in [-0.39, 0.29) is 5.91 Å². The molecule has 0 spiro atoms. The molecular formula is C26H20ClFN2O2S. The number of benzene rings is 3. The smallest absolute Gasteiger partial charge is 0.256 e. The summed E-state index contributed by atoms with van der Waals surface area (Å²) in [5.41, 5.74) is 3.13. The van der Waals surface area contributed by atoms with Crippen LogP contribution in [0.3, 0.4) is 0 Å². The Morgan fingerprint density at radius 2 is 1.85 bits per heavy atom. The van der Waals surface area contributed by atoms with Gasteiger partial charge in [-0.25, -0.2) is 4.39 Å². The summed E-state index contributed by atoms with van der Waals surface area (Å²) in [6.07, 6.45) is 3.61. The Morgan fingerprint density at radius 1 is 1.00 bits per heavy atom. The lowest BCUT2D eigenvalue weighted by Gasteiger charge is -2.14. The van der Waals surface area contributed by atoms with Crippen LogP contribution in [-0.2, 0) is 0 Å². The van der Waals surface area contributed by atoms with Crippen LogP contribution in [0.25, 0.3) is 22.4 Å². The molecule has 0 aliphatic heterocycles. The second-order valence-electron chi connectivity index (χ2n) is 7.12. The number of halogens is 2. The molecule has 1 amide bonds. The number of aromatic nitrogens is 1. The van der Waals surface area contributed by atoms with Crippen LogP contribution in [0.2, 0.25) is 5.02 Å². The number of amides is 1. The van der Waals surface area contributed by atoms with Gasteiger partial charge in [-0.3, -0.25) is 9.78 Å². The van der Waals surface area contributed by atoms with Gasteiger partial charge >= 0.3 is 0 Å². The maximum atomic E-state index is 14.9.